The Morgan fingerprint density at radius 3 is 2.88 bits per heavy atom. The van der Waals surface area contributed by atoms with Crippen LogP contribution in [0, 0.1) is 0 Å². The third-order valence-electron chi connectivity index (χ3n) is 0.914. The van der Waals surface area contributed by atoms with Gasteiger partial charge in [0.15, 0.2) is 0 Å². The molecule has 0 aromatic carbocycles. The van der Waals surface area contributed by atoms with Gasteiger partial charge in [-0.1, -0.05) is 6.58 Å². The number of hydrogen-bond donors (Lipinski definition) is 1. The second-order valence-corrected chi connectivity index (χ2v) is 3.42. The zero-order valence-electron chi connectivity index (χ0n) is 4.85. The predicted molar refractivity (Wildman–Crippen MR) is 41.0 cm³/mol. The highest BCUT2D eigenvalue weighted by molar-refractivity contribution is 8.16. The van der Waals surface area contributed by atoms with Gasteiger partial charge in [-0.2, -0.15) is 0 Å². The highest BCUT2D eigenvalue weighted by Crippen LogP contribution is 2.10. The van der Waals surface area contributed by atoms with E-state index in [1.54, 1.807) is 0 Å². The third-order valence-corrected chi connectivity index (χ3v) is 1.97. The molecule has 0 fully saturated rings. The molecule has 0 bridgehead atoms. The van der Waals surface area contributed by atoms with Crippen molar-refractivity contribution in [3.63, 3.8) is 0 Å². The molecule has 0 amide bonds. The smallest absolute Gasteiger partial charge is 0.0315 e. The van der Waals surface area contributed by atoms with Gasteiger partial charge in [0.25, 0.3) is 0 Å². The van der Waals surface area contributed by atoms with E-state index in [0.29, 0.717) is 10.5 Å². The molecule has 0 spiro atoms. The van der Waals surface area contributed by atoms with Crippen LogP contribution in [0.25, 0.3) is 0 Å². The summed E-state index contributed by atoms with van der Waals surface area (Å²) in [5, 5.41) is 5.18. The molecule has 1 atom stereocenters. The molecule has 0 saturated carbocycles. The van der Waals surface area contributed by atoms with Gasteiger partial charge in [-0.15, -0.1) is 10.5 Å². The van der Waals surface area contributed by atoms with Crippen molar-refractivity contribution >= 4 is 16.0 Å². The zero-order chi connectivity index (χ0) is 5.98. The van der Waals surface area contributed by atoms with Gasteiger partial charge in [0.05, 0.1) is 0 Å². The van der Waals surface area contributed by atoms with E-state index in [4.69, 9.17) is 0 Å². The number of hydrogen-bond acceptors (Lipinski definition) is 1. The van der Waals surface area contributed by atoms with Crippen LogP contribution in [0.1, 0.15) is 0 Å². The van der Waals surface area contributed by atoms with Crippen molar-refractivity contribution in [1.82, 2.24) is 5.32 Å². The maximum absolute atomic E-state index is 3.72. The first kappa shape index (κ1) is 5.63. The van der Waals surface area contributed by atoms with Gasteiger partial charge in [0, 0.05) is 11.2 Å². The minimum Gasteiger partial charge on any atom is -0.357 e. The van der Waals surface area contributed by atoms with Crippen LogP contribution in [0.5, 0.6) is 0 Å². The number of nitrogens with one attached hydrogen (secondary N) is 1. The average Bonchev–Trinajstić information content (AvgIpc) is 1.77. The molecular weight excluding hydrogens is 118 g/mol. The maximum atomic E-state index is 3.72. The fourth-order valence-corrected chi connectivity index (χ4v) is 1.24. The standard InChI is InChI=1S/C6H9NS/c1-6-3-4-8(2)5-7-6/h3-5,7H,1H2,2H3. The summed E-state index contributed by atoms with van der Waals surface area (Å²) >= 11 is 0. The summed E-state index contributed by atoms with van der Waals surface area (Å²) in [6, 6.07) is 0. The van der Waals surface area contributed by atoms with Crippen molar-refractivity contribution in [1.29, 1.82) is 0 Å². The molecule has 1 aliphatic rings. The predicted octanol–water partition coefficient (Wildman–Crippen LogP) is 1.28. The molecule has 1 unspecified atom stereocenters. The first-order valence-electron chi connectivity index (χ1n) is 2.39. The van der Waals surface area contributed by atoms with Crippen molar-refractivity contribution in [3.05, 3.63) is 23.8 Å². The highest BCUT2D eigenvalue weighted by atomic mass is 32.2. The monoisotopic (exact) mass is 127 g/mol. The molecule has 0 aromatic heterocycles. The molecule has 0 aliphatic carbocycles. The number of rotatable bonds is 0. The summed E-state index contributed by atoms with van der Waals surface area (Å²) in [5.41, 5.74) is 3.03. The van der Waals surface area contributed by atoms with Gasteiger partial charge in [-0.05, 0) is 17.7 Å². The maximum Gasteiger partial charge on any atom is 0.0315 e. The molecule has 8 heavy (non-hydrogen) atoms. The number of allylic oxidation sites excluding steroid dienone is 1. The highest BCUT2D eigenvalue weighted by Gasteiger charge is 1.88. The van der Waals surface area contributed by atoms with Gasteiger partial charge in [-0.3, -0.25) is 0 Å². The quantitative estimate of drug-likeness (QED) is 0.483. The van der Waals surface area contributed by atoms with E-state index >= 15 is 0 Å². The lowest BCUT2D eigenvalue weighted by molar-refractivity contribution is 1.25. The van der Waals surface area contributed by atoms with E-state index in [1.165, 1.54) is 0 Å². The van der Waals surface area contributed by atoms with E-state index < -0.39 is 0 Å². The minimum absolute atomic E-state index is 0.312. The van der Waals surface area contributed by atoms with Crippen LogP contribution in [0.3, 0.4) is 0 Å². The molecule has 1 N–H and O–H groups in total. The summed E-state index contributed by atoms with van der Waals surface area (Å²) in [5.74, 6) is 0. The lowest BCUT2D eigenvalue weighted by Gasteiger charge is -2.05. The topological polar surface area (TPSA) is 12.0 Å². The van der Waals surface area contributed by atoms with Gasteiger partial charge >= 0.3 is 0 Å². The van der Waals surface area contributed by atoms with Crippen LogP contribution >= 0.6 is 10.5 Å². The third kappa shape index (κ3) is 1.23. The Morgan fingerprint density at radius 1 is 1.75 bits per heavy atom. The molecule has 1 rings (SSSR count). The summed E-state index contributed by atoms with van der Waals surface area (Å²) in [7, 11) is 0.312. The zero-order valence-corrected chi connectivity index (χ0v) is 5.66. The van der Waals surface area contributed by atoms with Crippen LogP contribution in [0.4, 0.5) is 0 Å². The van der Waals surface area contributed by atoms with E-state index in [-0.39, 0.29) is 0 Å². The summed E-state index contributed by atoms with van der Waals surface area (Å²) in [6.07, 6.45) is 4.15. The molecule has 44 valence electrons. The van der Waals surface area contributed by atoms with Crippen molar-refractivity contribution in [2.45, 2.75) is 0 Å². The molecule has 1 heterocycles. The Bertz CT molecular complexity index is 165. The first-order chi connectivity index (χ1) is 3.79. The largest absolute Gasteiger partial charge is 0.357 e. The Kier molecular flexibility index (Phi) is 1.53. The van der Waals surface area contributed by atoms with E-state index in [1.807, 2.05) is 11.6 Å². The van der Waals surface area contributed by atoms with Crippen LogP contribution in [0.2, 0.25) is 0 Å². The van der Waals surface area contributed by atoms with Gasteiger partial charge in [-0.25, -0.2) is 0 Å². The van der Waals surface area contributed by atoms with Gasteiger partial charge in [0.1, 0.15) is 0 Å². The van der Waals surface area contributed by atoms with Gasteiger partial charge in [0.2, 0.25) is 0 Å². The van der Waals surface area contributed by atoms with Crippen LogP contribution in [0.15, 0.2) is 23.8 Å². The second kappa shape index (κ2) is 2.18. The molecule has 2 heteroatoms. The summed E-state index contributed by atoms with van der Waals surface area (Å²) in [4.78, 5) is 0. The van der Waals surface area contributed by atoms with E-state index in [9.17, 15) is 0 Å². The molecule has 1 aliphatic heterocycles. The van der Waals surface area contributed by atoms with Gasteiger partial charge < -0.3 is 5.32 Å². The molecular formula is C6H9NS. The van der Waals surface area contributed by atoms with Crippen molar-refractivity contribution in [2.24, 2.45) is 0 Å². The summed E-state index contributed by atoms with van der Waals surface area (Å²) in [6.45, 7) is 3.72. The minimum atomic E-state index is 0.312. The fraction of sp³-hybridized carbons (Fsp3) is 0.167. The lowest BCUT2D eigenvalue weighted by atomic mass is 10.5. The van der Waals surface area contributed by atoms with Crippen molar-refractivity contribution in [2.75, 3.05) is 6.26 Å². The molecule has 1 nitrogen and oxygen atoms in total. The molecule has 0 saturated heterocycles. The SMILES string of the molecule is C=C1C=CS(C)=CN1. The van der Waals surface area contributed by atoms with Crippen LogP contribution in [-0.4, -0.2) is 11.7 Å². The van der Waals surface area contributed by atoms with Crippen LogP contribution in [-0.2, 0) is 0 Å². The van der Waals surface area contributed by atoms with Crippen molar-refractivity contribution < 1.29 is 0 Å². The summed E-state index contributed by atoms with van der Waals surface area (Å²) < 4.78 is 0. The first-order valence-corrected chi connectivity index (χ1v) is 4.15. The lowest BCUT2D eigenvalue weighted by Crippen LogP contribution is -2.09. The normalized spacial score (nSPS) is 26.6. The Labute approximate surface area is 52.0 Å². The Morgan fingerprint density at radius 2 is 2.50 bits per heavy atom. The fourth-order valence-electron chi connectivity index (χ4n) is 0.445. The molecule has 0 radical (unpaired) electrons. The average molecular weight is 127 g/mol. The molecule has 0 aromatic rings. The second-order valence-electron chi connectivity index (χ2n) is 1.70. The Hall–Kier alpha value is -0.500. The van der Waals surface area contributed by atoms with E-state index in [2.05, 4.69) is 23.6 Å². The van der Waals surface area contributed by atoms with Crippen molar-refractivity contribution in [3.8, 4) is 0 Å². The van der Waals surface area contributed by atoms with Crippen LogP contribution < -0.4 is 5.32 Å². The Balaban J connectivity index is 2.71. The van der Waals surface area contributed by atoms with E-state index in [0.717, 1.165) is 5.70 Å².